The average Bonchev–Trinajstić information content (AvgIpc) is 3.26. The molecule has 0 aromatic carbocycles. The van der Waals surface area contributed by atoms with Crippen molar-refractivity contribution in [3.8, 4) is 10.6 Å². The molecule has 3 aromatic rings. The Kier molecular flexibility index (Phi) is 4.64. The van der Waals surface area contributed by atoms with Gasteiger partial charge in [0.2, 0.25) is 5.91 Å². The summed E-state index contributed by atoms with van der Waals surface area (Å²) in [7, 11) is 0. The van der Waals surface area contributed by atoms with Gasteiger partial charge in [0.05, 0.1) is 11.4 Å². The molecular formula is C17H17N3O2S2. The molecule has 0 radical (unpaired) electrons. The van der Waals surface area contributed by atoms with Crippen LogP contribution >= 0.6 is 22.7 Å². The number of nitrogens with zero attached hydrogens (tertiary/aromatic N) is 2. The number of rotatable bonds is 5. The van der Waals surface area contributed by atoms with Crippen molar-refractivity contribution in [3.05, 3.63) is 62.4 Å². The monoisotopic (exact) mass is 359 g/mol. The summed E-state index contributed by atoms with van der Waals surface area (Å²) in [4.78, 5) is 26.9. The lowest BCUT2D eigenvalue weighted by Crippen LogP contribution is -2.49. The Bertz CT molecular complexity index is 881. The number of amides is 1. The molecule has 0 saturated heterocycles. The lowest BCUT2D eigenvalue weighted by Gasteiger charge is -2.25. The van der Waals surface area contributed by atoms with E-state index in [1.165, 1.54) is 10.7 Å². The van der Waals surface area contributed by atoms with Gasteiger partial charge >= 0.3 is 0 Å². The highest BCUT2D eigenvalue weighted by Crippen LogP contribution is 2.22. The second-order valence-electron chi connectivity index (χ2n) is 5.77. The molecule has 1 N–H and O–H groups in total. The van der Waals surface area contributed by atoms with Crippen LogP contribution in [-0.4, -0.2) is 15.7 Å². The van der Waals surface area contributed by atoms with Crippen molar-refractivity contribution in [1.29, 1.82) is 0 Å². The number of carbonyl (C=O) groups excluding carboxylic acids is 1. The molecule has 0 atom stereocenters. The Morgan fingerprint density at radius 3 is 2.58 bits per heavy atom. The molecule has 3 rings (SSSR count). The number of aromatic nitrogens is 2. The van der Waals surface area contributed by atoms with E-state index >= 15 is 0 Å². The molecule has 0 aliphatic carbocycles. The zero-order valence-corrected chi connectivity index (χ0v) is 15.0. The minimum absolute atomic E-state index is 0.242. The van der Waals surface area contributed by atoms with Gasteiger partial charge in [-0.1, -0.05) is 12.1 Å². The van der Waals surface area contributed by atoms with E-state index in [2.05, 4.69) is 10.4 Å². The summed E-state index contributed by atoms with van der Waals surface area (Å²) in [6, 6.07) is 10.9. The standard InChI is InChI=1S/C17H17N3O2S2/c1-17(2,16(22)18-11-12-5-3-9-23-12)20-15(21)8-7-13(19-20)14-6-4-10-24-14/h3-10H,11H2,1-2H3,(H,18,22). The maximum absolute atomic E-state index is 12.6. The van der Waals surface area contributed by atoms with Crippen LogP contribution in [0.15, 0.2) is 52.0 Å². The molecule has 0 saturated carbocycles. The third kappa shape index (κ3) is 3.32. The summed E-state index contributed by atoms with van der Waals surface area (Å²) >= 11 is 3.12. The van der Waals surface area contributed by atoms with E-state index < -0.39 is 5.54 Å². The Labute approximate surface area is 147 Å². The van der Waals surface area contributed by atoms with Crippen LogP contribution in [-0.2, 0) is 16.9 Å². The van der Waals surface area contributed by atoms with Gasteiger partial charge in [0.15, 0.2) is 0 Å². The van der Waals surface area contributed by atoms with Crippen LogP contribution in [0.25, 0.3) is 10.6 Å². The Hall–Kier alpha value is -2.25. The molecule has 0 fully saturated rings. The fraction of sp³-hybridized carbons (Fsp3) is 0.235. The lowest BCUT2D eigenvalue weighted by atomic mass is 10.0. The van der Waals surface area contributed by atoms with Crippen molar-refractivity contribution in [3.63, 3.8) is 0 Å². The molecule has 0 bridgehead atoms. The first-order chi connectivity index (χ1) is 11.5. The second-order valence-corrected chi connectivity index (χ2v) is 7.75. The molecule has 7 heteroatoms. The maximum atomic E-state index is 12.6. The Morgan fingerprint density at radius 2 is 1.92 bits per heavy atom. The first-order valence-electron chi connectivity index (χ1n) is 7.44. The van der Waals surface area contributed by atoms with Crippen molar-refractivity contribution < 1.29 is 4.79 Å². The van der Waals surface area contributed by atoms with E-state index in [9.17, 15) is 9.59 Å². The second kappa shape index (κ2) is 6.70. The topological polar surface area (TPSA) is 64.0 Å². The molecule has 1 amide bonds. The van der Waals surface area contributed by atoms with Gasteiger partial charge in [-0.3, -0.25) is 9.59 Å². The molecule has 0 aliphatic heterocycles. The minimum atomic E-state index is -1.08. The van der Waals surface area contributed by atoms with Crippen LogP contribution in [0.3, 0.4) is 0 Å². The highest BCUT2D eigenvalue weighted by atomic mass is 32.1. The van der Waals surface area contributed by atoms with Crippen LogP contribution in [0.1, 0.15) is 18.7 Å². The molecule has 3 aromatic heterocycles. The van der Waals surface area contributed by atoms with Gasteiger partial charge in [-0.25, -0.2) is 4.68 Å². The molecule has 3 heterocycles. The highest BCUT2D eigenvalue weighted by Gasteiger charge is 2.32. The summed E-state index contributed by atoms with van der Waals surface area (Å²) in [5, 5.41) is 11.2. The van der Waals surface area contributed by atoms with Crippen molar-refractivity contribution in [1.82, 2.24) is 15.1 Å². The first kappa shape index (κ1) is 16.6. The SMILES string of the molecule is CC(C)(C(=O)NCc1cccs1)n1nc(-c2cccs2)ccc1=O. The number of hydrogen-bond donors (Lipinski definition) is 1. The van der Waals surface area contributed by atoms with Gasteiger partial charge in [-0.15, -0.1) is 22.7 Å². The van der Waals surface area contributed by atoms with Crippen LogP contribution in [0.2, 0.25) is 0 Å². The van der Waals surface area contributed by atoms with Crippen LogP contribution in [0.5, 0.6) is 0 Å². The third-order valence-corrected chi connectivity index (χ3v) is 5.43. The molecular weight excluding hydrogens is 342 g/mol. The number of hydrogen-bond acceptors (Lipinski definition) is 5. The maximum Gasteiger partial charge on any atom is 0.267 e. The van der Waals surface area contributed by atoms with Crippen molar-refractivity contribution in [2.24, 2.45) is 0 Å². The summed E-state index contributed by atoms with van der Waals surface area (Å²) in [5.41, 5.74) is -0.697. The van der Waals surface area contributed by atoms with Gasteiger partial charge < -0.3 is 5.32 Å². The van der Waals surface area contributed by atoms with Crippen LogP contribution < -0.4 is 10.9 Å². The smallest absolute Gasteiger partial charge is 0.267 e. The van der Waals surface area contributed by atoms with E-state index in [4.69, 9.17) is 0 Å². The van der Waals surface area contributed by atoms with Crippen molar-refractivity contribution in [2.45, 2.75) is 25.9 Å². The van der Waals surface area contributed by atoms with E-state index in [-0.39, 0.29) is 11.5 Å². The average molecular weight is 359 g/mol. The van der Waals surface area contributed by atoms with E-state index in [0.29, 0.717) is 12.2 Å². The molecule has 0 aliphatic rings. The summed E-state index contributed by atoms with van der Waals surface area (Å²) in [6.07, 6.45) is 0. The van der Waals surface area contributed by atoms with Crippen molar-refractivity contribution in [2.75, 3.05) is 0 Å². The molecule has 5 nitrogen and oxygen atoms in total. The predicted octanol–water partition coefficient (Wildman–Crippen LogP) is 3.08. The fourth-order valence-electron chi connectivity index (χ4n) is 2.26. The zero-order valence-electron chi connectivity index (χ0n) is 13.4. The largest absolute Gasteiger partial charge is 0.349 e. The van der Waals surface area contributed by atoms with E-state index in [0.717, 1.165) is 9.75 Å². The molecule has 24 heavy (non-hydrogen) atoms. The number of nitrogens with one attached hydrogen (secondary N) is 1. The molecule has 0 unspecified atom stereocenters. The van der Waals surface area contributed by atoms with Crippen molar-refractivity contribution >= 4 is 28.6 Å². The quantitative estimate of drug-likeness (QED) is 0.761. The fourth-order valence-corrected chi connectivity index (χ4v) is 3.60. The summed E-state index contributed by atoms with van der Waals surface area (Å²) < 4.78 is 1.26. The zero-order chi connectivity index (χ0) is 17.2. The lowest BCUT2D eigenvalue weighted by molar-refractivity contribution is -0.129. The van der Waals surface area contributed by atoms with Crippen LogP contribution in [0.4, 0.5) is 0 Å². The van der Waals surface area contributed by atoms with Gasteiger partial charge in [0, 0.05) is 10.9 Å². The predicted molar refractivity (Wildman–Crippen MR) is 97.3 cm³/mol. The Balaban J connectivity index is 1.86. The van der Waals surface area contributed by atoms with Gasteiger partial charge in [0.25, 0.3) is 5.56 Å². The highest BCUT2D eigenvalue weighted by molar-refractivity contribution is 7.13. The van der Waals surface area contributed by atoms with E-state index in [1.807, 2.05) is 35.0 Å². The number of thiophene rings is 2. The summed E-state index contributed by atoms with van der Waals surface area (Å²) in [5.74, 6) is -0.242. The van der Waals surface area contributed by atoms with Gasteiger partial charge in [0.1, 0.15) is 11.2 Å². The summed E-state index contributed by atoms with van der Waals surface area (Å²) in [6.45, 7) is 3.84. The normalized spacial score (nSPS) is 11.4. The third-order valence-electron chi connectivity index (χ3n) is 3.66. The van der Waals surface area contributed by atoms with Gasteiger partial charge in [-0.2, -0.15) is 5.10 Å². The first-order valence-corrected chi connectivity index (χ1v) is 9.20. The Morgan fingerprint density at radius 1 is 1.17 bits per heavy atom. The number of carbonyl (C=O) groups is 1. The molecule has 0 spiro atoms. The molecule has 124 valence electrons. The minimum Gasteiger partial charge on any atom is -0.349 e. The van der Waals surface area contributed by atoms with Crippen LogP contribution in [0, 0.1) is 0 Å². The van der Waals surface area contributed by atoms with E-state index in [1.54, 1.807) is 42.6 Å². The van der Waals surface area contributed by atoms with Gasteiger partial charge in [-0.05, 0) is 42.8 Å².